The maximum absolute atomic E-state index is 12.6. The first-order valence-electron chi connectivity index (χ1n) is 7.45. The van der Waals surface area contributed by atoms with E-state index in [9.17, 15) is 9.59 Å². The molecule has 26 heavy (non-hydrogen) atoms. The van der Waals surface area contributed by atoms with E-state index in [0.717, 1.165) is 4.70 Å². The van der Waals surface area contributed by atoms with Crippen LogP contribution in [0.25, 0.3) is 10.2 Å². The van der Waals surface area contributed by atoms with Crippen LogP contribution in [-0.4, -0.2) is 42.8 Å². The third-order valence-corrected chi connectivity index (χ3v) is 4.39. The Morgan fingerprint density at radius 2 is 1.77 bits per heavy atom. The molecule has 9 heteroatoms. The number of carbonyl (C=O) groups excluding carboxylic acids is 2. The topological polar surface area (TPSA) is 99.6 Å². The molecule has 0 atom stereocenters. The maximum Gasteiger partial charge on any atom is 0.340 e. The molecule has 1 heterocycles. The zero-order valence-corrected chi connectivity index (χ0v) is 15.0. The molecule has 1 N–H and O–H groups in total. The minimum absolute atomic E-state index is 0.148. The van der Waals surface area contributed by atoms with Gasteiger partial charge in [0.2, 0.25) is 0 Å². The summed E-state index contributed by atoms with van der Waals surface area (Å²) in [5.41, 5.74) is 1.41. The maximum atomic E-state index is 12.6. The van der Waals surface area contributed by atoms with Crippen LogP contribution >= 0.6 is 11.5 Å². The fraction of sp³-hybridized carbons (Fsp3) is 0.176. The number of nitrogens with one attached hydrogen (secondary N) is 1. The lowest BCUT2D eigenvalue weighted by Crippen LogP contribution is -2.16. The zero-order valence-electron chi connectivity index (χ0n) is 14.2. The van der Waals surface area contributed by atoms with Gasteiger partial charge in [0.25, 0.3) is 5.91 Å². The van der Waals surface area contributed by atoms with E-state index < -0.39 is 11.9 Å². The second-order valence-electron chi connectivity index (χ2n) is 5.15. The van der Waals surface area contributed by atoms with Gasteiger partial charge in [-0.3, -0.25) is 4.79 Å². The second-order valence-corrected chi connectivity index (χ2v) is 5.94. The van der Waals surface area contributed by atoms with Crippen molar-refractivity contribution in [3.05, 3.63) is 41.5 Å². The highest BCUT2D eigenvalue weighted by Crippen LogP contribution is 2.34. The number of benzene rings is 2. The predicted octanol–water partition coefficient (Wildman–Crippen LogP) is 2.75. The van der Waals surface area contributed by atoms with E-state index in [1.807, 2.05) is 0 Å². The van der Waals surface area contributed by atoms with Crippen molar-refractivity contribution in [3.8, 4) is 11.5 Å². The summed E-state index contributed by atoms with van der Waals surface area (Å²) in [6, 6.07) is 8.02. The van der Waals surface area contributed by atoms with Gasteiger partial charge in [-0.15, -0.1) is 5.10 Å². The van der Waals surface area contributed by atoms with Gasteiger partial charge in [0.05, 0.1) is 37.3 Å². The van der Waals surface area contributed by atoms with Crippen LogP contribution in [0.5, 0.6) is 11.5 Å². The molecule has 8 nitrogen and oxygen atoms in total. The molecule has 0 saturated carbocycles. The Morgan fingerprint density at radius 1 is 1.04 bits per heavy atom. The van der Waals surface area contributed by atoms with Gasteiger partial charge in [-0.2, -0.15) is 0 Å². The molecule has 1 aromatic heterocycles. The van der Waals surface area contributed by atoms with E-state index in [1.54, 1.807) is 18.2 Å². The number of aromatic nitrogens is 2. The van der Waals surface area contributed by atoms with Crippen LogP contribution in [0.2, 0.25) is 0 Å². The van der Waals surface area contributed by atoms with Crippen LogP contribution < -0.4 is 14.8 Å². The Balaban J connectivity index is 1.98. The SMILES string of the molecule is COC(=O)c1cc(OC)c(OC)cc1NC(=O)c1ccc2snnc2c1. The van der Waals surface area contributed by atoms with Crippen LogP contribution in [0.15, 0.2) is 30.3 Å². The van der Waals surface area contributed by atoms with E-state index in [2.05, 4.69) is 14.9 Å². The van der Waals surface area contributed by atoms with Gasteiger partial charge in [-0.1, -0.05) is 4.49 Å². The summed E-state index contributed by atoms with van der Waals surface area (Å²) in [7, 11) is 4.17. The summed E-state index contributed by atoms with van der Waals surface area (Å²) in [4.78, 5) is 24.7. The Hall–Kier alpha value is -3.20. The van der Waals surface area contributed by atoms with Gasteiger partial charge >= 0.3 is 5.97 Å². The van der Waals surface area contributed by atoms with E-state index in [1.165, 1.54) is 45.0 Å². The van der Waals surface area contributed by atoms with Crippen LogP contribution in [-0.2, 0) is 4.74 Å². The lowest BCUT2D eigenvalue weighted by atomic mass is 10.1. The number of ether oxygens (including phenoxy) is 3. The monoisotopic (exact) mass is 373 g/mol. The average molecular weight is 373 g/mol. The molecule has 3 aromatic rings. The van der Waals surface area contributed by atoms with Gasteiger partial charge in [-0.25, -0.2) is 4.79 Å². The van der Waals surface area contributed by atoms with Crippen molar-refractivity contribution in [2.24, 2.45) is 0 Å². The summed E-state index contributed by atoms with van der Waals surface area (Å²) < 4.78 is 19.9. The van der Waals surface area contributed by atoms with Crippen molar-refractivity contribution in [1.29, 1.82) is 0 Å². The molecule has 0 aliphatic carbocycles. The first-order valence-corrected chi connectivity index (χ1v) is 8.22. The molecule has 134 valence electrons. The highest BCUT2D eigenvalue weighted by atomic mass is 32.1. The molecule has 0 bridgehead atoms. The number of hydrogen-bond acceptors (Lipinski definition) is 8. The molecule has 0 spiro atoms. The number of methoxy groups -OCH3 is 3. The summed E-state index contributed by atoms with van der Waals surface area (Å²) in [5.74, 6) is -0.298. The van der Waals surface area contributed by atoms with Crippen LogP contribution in [0, 0.1) is 0 Å². The number of esters is 1. The molecular weight excluding hydrogens is 358 g/mol. The predicted molar refractivity (Wildman–Crippen MR) is 96.3 cm³/mol. The standard InChI is InChI=1S/C17H15N3O5S/c1-23-13-7-10(17(22)25-3)11(8-14(13)24-2)18-16(21)9-4-5-15-12(6-9)19-20-26-15/h4-8H,1-3H3,(H,18,21). The van der Waals surface area contributed by atoms with Gasteiger partial charge in [-0.05, 0) is 29.7 Å². The summed E-state index contributed by atoms with van der Waals surface area (Å²) in [5, 5.41) is 6.66. The molecule has 0 saturated heterocycles. The fourth-order valence-corrected chi connectivity index (χ4v) is 2.92. The highest BCUT2D eigenvalue weighted by molar-refractivity contribution is 7.12. The Bertz CT molecular complexity index is 986. The van der Waals surface area contributed by atoms with Crippen LogP contribution in [0.1, 0.15) is 20.7 Å². The number of nitrogens with zero attached hydrogens (tertiary/aromatic N) is 2. The summed E-state index contributed by atoms with van der Waals surface area (Å²) >= 11 is 1.25. The van der Waals surface area contributed by atoms with Crippen LogP contribution in [0.4, 0.5) is 5.69 Å². The molecule has 1 amide bonds. The second kappa shape index (κ2) is 7.36. The van der Waals surface area contributed by atoms with Crippen molar-refractivity contribution in [3.63, 3.8) is 0 Å². The normalized spacial score (nSPS) is 10.4. The molecule has 0 aliphatic rings. The van der Waals surface area contributed by atoms with Crippen molar-refractivity contribution in [2.75, 3.05) is 26.6 Å². The third-order valence-electron chi connectivity index (χ3n) is 3.69. The van der Waals surface area contributed by atoms with Crippen LogP contribution in [0.3, 0.4) is 0 Å². The van der Waals surface area contributed by atoms with E-state index in [4.69, 9.17) is 14.2 Å². The van der Waals surface area contributed by atoms with Gasteiger partial charge in [0, 0.05) is 17.7 Å². The summed E-state index contributed by atoms with van der Waals surface area (Å²) in [6.45, 7) is 0. The molecule has 0 unspecified atom stereocenters. The minimum Gasteiger partial charge on any atom is -0.493 e. The molecule has 0 fully saturated rings. The van der Waals surface area contributed by atoms with Crippen molar-refractivity contribution in [2.45, 2.75) is 0 Å². The van der Waals surface area contributed by atoms with Crippen molar-refractivity contribution in [1.82, 2.24) is 9.59 Å². The molecule has 2 aromatic carbocycles. The lowest BCUT2D eigenvalue weighted by molar-refractivity contribution is 0.0601. The van der Waals surface area contributed by atoms with E-state index in [-0.39, 0.29) is 11.3 Å². The van der Waals surface area contributed by atoms with Crippen molar-refractivity contribution < 1.29 is 23.8 Å². The number of fused-ring (bicyclic) bond motifs is 1. The Labute approximate surface area is 152 Å². The third kappa shape index (κ3) is 3.29. The Kier molecular flexibility index (Phi) is 4.99. The number of rotatable bonds is 5. The van der Waals surface area contributed by atoms with Gasteiger partial charge in [0.1, 0.15) is 5.52 Å². The number of hydrogen-bond donors (Lipinski definition) is 1. The number of anilines is 1. The molecule has 3 rings (SSSR count). The number of amides is 1. The smallest absolute Gasteiger partial charge is 0.340 e. The molecule has 0 aliphatic heterocycles. The summed E-state index contributed by atoms with van der Waals surface area (Å²) in [6.07, 6.45) is 0. The Morgan fingerprint density at radius 3 is 2.46 bits per heavy atom. The van der Waals surface area contributed by atoms with Gasteiger partial charge in [0.15, 0.2) is 11.5 Å². The highest BCUT2D eigenvalue weighted by Gasteiger charge is 2.20. The van der Waals surface area contributed by atoms with Gasteiger partial charge < -0.3 is 19.5 Å². The fourth-order valence-electron chi connectivity index (χ4n) is 2.38. The molecule has 0 radical (unpaired) electrons. The largest absolute Gasteiger partial charge is 0.493 e. The lowest BCUT2D eigenvalue weighted by Gasteiger charge is -2.14. The number of carbonyl (C=O) groups is 2. The first kappa shape index (κ1) is 17.6. The van der Waals surface area contributed by atoms with E-state index >= 15 is 0 Å². The quantitative estimate of drug-likeness (QED) is 0.686. The first-order chi connectivity index (χ1) is 12.6. The van der Waals surface area contributed by atoms with E-state index in [0.29, 0.717) is 22.6 Å². The zero-order chi connectivity index (χ0) is 18.7. The molecular formula is C17H15N3O5S. The minimum atomic E-state index is -0.611. The van der Waals surface area contributed by atoms with Crippen molar-refractivity contribution >= 4 is 39.3 Å². The average Bonchev–Trinajstić information content (AvgIpc) is 3.14.